The Labute approximate surface area is 160 Å². The summed E-state index contributed by atoms with van der Waals surface area (Å²) in [6, 6.07) is 7.79. The van der Waals surface area contributed by atoms with Gasteiger partial charge in [0.1, 0.15) is 5.82 Å². The minimum Gasteiger partial charge on any atom is -0.459 e. The molecule has 1 aliphatic rings. The van der Waals surface area contributed by atoms with E-state index in [1.54, 1.807) is 23.1 Å². The van der Waals surface area contributed by atoms with E-state index in [4.69, 9.17) is 9.15 Å². The first-order chi connectivity index (χ1) is 13.2. The number of nitrogens with zero attached hydrogens (tertiary/aromatic N) is 3. The lowest BCUT2D eigenvalue weighted by molar-refractivity contribution is 0.0376. The Kier molecular flexibility index (Phi) is 5.47. The number of thiazole rings is 1. The molecule has 142 valence electrons. The van der Waals surface area contributed by atoms with Crippen LogP contribution in [0.2, 0.25) is 0 Å². The van der Waals surface area contributed by atoms with Gasteiger partial charge in [0.05, 0.1) is 29.7 Å². The summed E-state index contributed by atoms with van der Waals surface area (Å²) >= 11 is 1.31. The van der Waals surface area contributed by atoms with Crippen molar-refractivity contribution in [3.63, 3.8) is 0 Å². The highest BCUT2D eigenvalue weighted by atomic mass is 32.1. The van der Waals surface area contributed by atoms with Crippen LogP contribution in [-0.4, -0.2) is 55.2 Å². The van der Waals surface area contributed by atoms with Crippen molar-refractivity contribution in [3.8, 4) is 0 Å². The topological polar surface area (TPSA) is 58.8 Å². The summed E-state index contributed by atoms with van der Waals surface area (Å²) in [5.74, 6) is -0.276. The summed E-state index contributed by atoms with van der Waals surface area (Å²) in [6.45, 7) is 4.71. The number of furan rings is 1. The molecule has 3 aromatic rings. The number of benzene rings is 1. The molecule has 1 aromatic carbocycles. The first-order valence-electron chi connectivity index (χ1n) is 8.92. The monoisotopic (exact) mass is 389 g/mol. The van der Waals surface area contributed by atoms with Gasteiger partial charge in [-0.2, -0.15) is 0 Å². The molecule has 4 rings (SSSR count). The summed E-state index contributed by atoms with van der Waals surface area (Å²) in [6.07, 6.45) is 2.28. The van der Waals surface area contributed by atoms with Gasteiger partial charge in [-0.1, -0.05) is 11.3 Å². The first kappa shape index (κ1) is 18.1. The number of hydrogen-bond acceptors (Lipinski definition) is 6. The Bertz CT molecular complexity index is 906. The van der Waals surface area contributed by atoms with E-state index in [2.05, 4.69) is 9.88 Å². The second-order valence-corrected chi connectivity index (χ2v) is 7.36. The molecule has 0 aliphatic carbocycles. The Morgan fingerprint density at radius 1 is 1.30 bits per heavy atom. The molecule has 1 amide bonds. The molecule has 1 fully saturated rings. The number of halogens is 1. The molecule has 0 radical (unpaired) electrons. The number of anilines is 1. The smallest absolute Gasteiger partial charge is 0.295 e. The van der Waals surface area contributed by atoms with Gasteiger partial charge in [0.25, 0.3) is 5.91 Å². The van der Waals surface area contributed by atoms with Gasteiger partial charge < -0.3 is 9.15 Å². The van der Waals surface area contributed by atoms with E-state index in [0.29, 0.717) is 17.2 Å². The van der Waals surface area contributed by atoms with Gasteiger partial charge in [0.15, 0.2) is 10.9 Å². The number of aromatic nitrogens is 1. The summed E-state index contributed by atoms with van der Waals surface area (Å²) < 4.78 is 24.9. The highest BCUT2D eigenvalue weighted by molar-refractivity contribution is 7.22. The van der Waals surface area contributed by atoms with Crippen molar-refractivity contribution in [1.82, 2.24) is 9.88 Å². The van der Waals surface area contributed by atoms with Crippen LogP contribution in [0.1, 0.15) is 17.0 Å². The molecule has 1 aliphatic heterocycles. The zero-order chi connectivity index (χ0) is 18.6. The van der Waals surface area contributed by atoms with Crippen molar-refractivity contribution in [2.24, 2.45) is 0 Å². The number of fused-ring (bicyclic) bond motifs is 1. The Morgan fingerprint density at radius 3 is 2.93 bits per heavy atom. The molecule has 6 nitrogen and oxygen atoms in total. The lowest BCUT2D eigenvalue weighted by atomic mass is 10.3. The minimum absolute atomic E-state index is 0.235. The van der Waals surface area contributed by atoms with Gasteiger partial charge >= 0.3 is 0 Å². The van der Waals surface area contributed by atoms with E-state index in [-0.39, 0.29) is 17.5 Å². The lowest BCUT2D eigenvalue weighted by Crippen LogP contribution is -2.39. The molecule has 0 saturated carbocycles. The lowest BCUT2D eigenvalue weighted by Gasteiger charge is -2.27. The van der Waals surface area contributed by atoms with Gasteiger partial charge in [0.2, 0.25) is 0 Å². The van der Waals surface area contributed by atoms with Gasteiger partial charge in [0, 0.05) is 26.2 Å². The van der Waals surface area contributed by atoms with Crippen molar-refractivity contribution >= 4 is 32.6 Å². The van der Waals surface area contributed by atoms with E-state index < -0.39 is 0 Å². The van der Waals surface area contributed by atoms with Crippen LogP contribution >= 0.6 is 11.3 Å². The predicted molar refractivity (Wildman–Crippen MR) is 102 cm³/mol. The van der Waals surface area contributed by atoms with E-state index in [1.807, 2.05) is 0 Å². The average molecular weight is 389 g/mol. The third-order valence-electron chi connectivity index (χ3n) is 4.51. The van der Waals surface area contributed by atoms with E-state index in [1.165, 1.54) is 29.7 Å². The second kappa shape index (κ2) is 8.16. The zero-order valence-corrected chi connectivity index (χ0v) is 15.6. The predicted octanol–water partition coefficient (Wildman–Crippen LogP) is 3.40. The molecule has 0 atom stereocenters. The number of carbonyl (C=O) groups is 1. The fraction of sp³-hybridized carbons (Fsp3) is 0.368. The van der Waals surface area contributed by atoms with Crippen LogP contribution in [0.25, 0.3) is 10.2 Å². The minimum atomic E-state index is -0.311. The largest absolute Gasteiger partial charge is 0.459 e. The van der Waals surface area contributed by atoms with Crippen LogP contribution < -0.4 is 4.90 Å². The van der Waals surface area contributed by atoms with Crippen LogP contribution in [0, 0.1) is 5.82 Å². The molecule has 1 saturated heterocycles. The number of hydrogen-bond donors (Lipinski definition) is 0. The fourth-order valence-corrected chi connectivity index (χ4v) is 4.11. The summed E-state index contributed by atoms with van der Waals surface area (Å²) in [4.78, 5) is 21.4. The number of rotatable bonds is 6. The highest BCUT2D eigenvalue weighted by Gasteiger charge is 2.23. The Hall–Kier alpha value is -2.29. The molecular formula is C19H20FN3O3S. The van der Waals surface area contributed by atoms with Gasteiger partial charge in [-0.3, -0.25) is 14.6 Å². The normalized spacial score (nSPS) is 15.3. The van der Waals surface area contributed by atoms with Crippen LogP contribution in [0.3, 0.4) is 0 Å². The van der Waals surface area contributed by atoms with Crippen molar-refractivity contribution in [2.45, 2.75) is 6.42 Å². The third-order valence-corrected chi connectivity index (χ3v) is 5.55. The van der Waals surface area contributed by atoms with Crippen LogP contribution in [0.5, 0.6) is 0 Å². The Balaban J connectivity index is 1.53. The average Bonchev–Trinajstić information content (AvgIpc) is 3.35. The van der Waals surface area contributed by atoms with Crippen LogP contribution in [0.4, 0.5) is 9.52 Å². The molecule has 3 heterocycles. The van der Waals surface area contributed by atoms with Gasteiger partial charge in [-0.15, -0.1) is 0 Å². The zero-order valence-electron chi connectivity index (χ0n) is 14.8. The maximum absolute atomic E-state index is 13.5. The number of carbonyl (C=O) groups excluding carboxylic acids is 1. The number of morpholine rings is 1. The summed E-state index contributed by atoms with van der Waals surface area (Å²) in [5, 5.41) is 0.555. The number of ether oxygens (including phenoxy) is 1. The van der Waals surface area contributed by atoms with Crippen LogP contribution in [0.15, 0.2) is 41.0 Å². The molecule has 0 spiro atoms. The molecule has 8 heteroatoms. The van der Waals surface area contributed by atoms with E-state index in [0.717, 1.165) is 44.0 Å². The second-order valence-electron chi connectivity index (χ2n) is 6.35. The molecular weight excluding hydrogens is 369 g/mol. The summed E-state index contributed by atoms with van der Waals surface area (Å²) in [7, 11) is 0. The third kappa shape index (κ3) is 4.18. The Morgan fingerprint density at radius 2 is 2.15 bits per heavy atom. The molecule has 0 N–H and O–H groups in total. The quantitative estimate of drug-likeness (QED) is 0.647. The highest BCUT2D eigenvalue weighted by Crippen LogP contribution is 2.30. The molecule has 0 bridgehead atoms. The van der Waals surface area contributed by atoms with Gasteiger partial charge in [-0.25, -0.2) is 9.37 Å². The van der Waals surface area contributed by atoms with Crippen molar-refractivity contribution in [2.75, 3.05) is 44.3 Å². The maximum atomic E-state index is 13.5. The van der Waals surface area contributed by atoms with Crippen molar-refractivity contribution in [1.29, 1.82) is 0 Å². The van der Waals surface area contributed by atoms with Crippen molar-refractivity contribution < 1.29 is 18.3 Å². The van der Waals surface area contributed by atoms with Crippen LogP contribution in [-0.2, 0) is 4.74 Å². The SMILES string of the molecule is O=C(c1ccco1)N(CCCN1CCOCC1)c1nc2ccc(F)cc2s1. The fourth-order valence-electron chi connectivity index (χ4n) is 3.10. The van der Waals surface area contributed by atoms with Gasteiger partial charge in [-0.05, 0) is 36.8 Å². The van der Waals surface area contributed by atoms with E-state index >= 15 is 0 Å². The van der Waals surface area contributed by atoms with Crippen molar-refractivity contribution in [3.05, 3.63) is 48.2 Å². The van der Waals surface area contributed by atoms with E-state index in [9.17, 15) is 9.18 Å². The number of amides is 1. The molecule has 27 heavy (non-hydrogen) atoms. The molecule has 2 aromatic heterocycles. The summed E-state index contributed by atoms with van der Waals surface area (Å²) in [5.41, 5.74) is 0.682. The molecule has 0 unspecified atom stereocenters. The standard InChI is InChI=1S/C19H20FN3O3S/c20-14-4-5-15-17(13-14)27-19(21-15)23(18(24)16-3-1-10-26-16)7-2-6-22-8-11-25-12-9-22/h1,3-5,10,13H,2,6-9,11-12H2. The maximum Gasteiger partial charge on any atom is 0.295 e. The first-order valence-corrected chi connectivity index (χ1v) is 9.74.